The van der Waals surface area contributed by atoms with Crippen LogP contribution in [0.3, 0.4) is 0 Å². The van der Waals surface area contributed by atoms with Gasteiger partial charge in [0, 0.05) is 12.4 Å². The lowest BCUT2D eigenvalue weighted by Gasteiger charge is -2.07. The van der Waals surface area contributed by atoms with E-state index < -0.39 is 5.91 Å². The molecule has 0 aliphatic heterocycles. The number of amides is 1. The highest BCUT2D eigenvalue weighted by molar-refractivity contribution is 6.33. The van der Waals surface area contributed by atoms with Crippen molar-refractivity contribution in [1.82, 2.24) is 19.6 Å². The molecule has 4 aromatic rings. The summed E-state index contributed by atoms with van der Waals surface area (Å²) < 4.78 is 21.9. The molecular formula is C21H16Cl2FN5O2. The molecule has 0 atom stereocenters. The molecule has 7 nitrogen and oxygen atoms in total. The normalized spacial score (nSPS) is 10.8. The second kappa shape index (κ2) is 9.20. The van der Waals surface area contributed by atoms with E-state index in [9.17, 15) is 9.18 Å². The molecule has 2 heterocycles. The van der Waals surface area contributed by atoms with Gasteiger partial charge in [0.25, 0.3) is 5.91 Å². The summed E-state index contributed by atoms with van der Waals surface area (Å²) in [7, 11) is 0. The molecule has 0 aliphatic carbocycles. The number of carbonyl (C=O) groups excluding carboxylic acids is 1. The Balaban J connectivity index is 1.38. The number of para-hydroxylation sites is 1. The van der Waals surface area contributed by atoms with Crippen molar-refractivity contribution >= 4 is 34.9 Å². The van der Waals surface area contributed by atoms with Crippen LogP contribution in [0.5, 0.6) is 5.75 Å². The van der Waals surface area contributed by atoms with Crippen LogP contribution in [0.4, 0.5) is 10.2 Å². The highest BCUT2D eigenvalue weighted by Crippen LogP contribution is 2.23. The highest BCUT2D eigenvalue weighted by Gasteiger charge is 2.15. The van der Waals surface area contributed by atoms with Crippen molar-refractivity contribution in [3.63, 3.8) is 0 Å². The van der Waals surface area contributed by atoms with E-state index in [1.54, 1.807) is 54.9 Å². The number of hydrogen-bond acceptors (Lipinski definition) is 4. The fraction of sp³-hybridized carbons (Fsp3) is 0.0952. The summed E-state index contributed by atoms with van der Waals surface area (Å²) in [5.41, 5.74) is 0.882. The van der Waals surface area contributed by atoms with Gasteiger partial charge in [0.15, 0.2) is 18.2 Å². The molecule has 1 N–H and O–H groups in total. The number of nitrogens with zero attached hydrogens (tertiary/aromatic N) is 4. The minimum atomic E-state index is -0.477. The smallest absolute Gasteiger partial charge is 0.277 e. The van der Waals surface area contributed by atoms with Crippen LogP contribution >= 0.6 is 23.2 Å². The maximum absolute atomic E-state index is 13.4. The van der Waals surface area contributed by atoms with E-state index in [1.165, 1.54) is 21.5 Å². The molecule has 31 heavy (non-hydrogen) atoms. The number of halogens is 3. The molecule has 0 unspecified atom stereocenters. The number of hydrogen-bond donors (Lipinski definition) is 1. The quantitative estimate of drug-likeness (QED) is 0.428. The van der Waals surface area contributed by atoms with Gasteiger partial charge in [-0.05, 0) is 35.9 Å². The summed E-state index contributed by atoms with van der Waals surface area (Å²) in [5, 5.41) is 11.8. The lowest BCUT2D eigenvalue weighted by molar-refractivity contribution is 0.101. The molecule has 1 amide bonds. The fourth-order valence-electron chi connectivity index (χ4n) is 2.81. The Hall–Kier alpha value is -3.36. The highest BCUT2D eigenvalue weighted by atomic mass is 35.5. The van der Waals surface area contributed by atoms with Gasteiger partial charge in [-0.2, -0.15) is 10.2 Å². The number of ether oxygens (including phenoxy) is 1. The Kier molecular flexibility index (Phi) is 6.20. The number of rotatable bonds is 7. The largest absolute Gasteiger partial charge is 0.470 e. The summed E-state index contributed by atoms with van der Waals surface area (Å²) in [6.45, 7) is 0.390. The number of benzene rings is 2. The van der Waals surface area contributed by atoms with Gasteiger partial charge in [-0.3, -0.25) is 9.48 Å². The van der Waals surface area contributed by atoms with Crippen LogP contribution in [0.15, 0.2) is 67.0 Å². The Bertz CT molecular complexity index is 1220. The monoisotopic (exact) mass is 459 g/mol. The zero-order chi connectivity index (χ0) is 21.8. The van der Waals surface area contributed by atoms with Crippen LogP contribution in [0.1, 0.15) is 16.1 Å². The first kappa shape index (κ1) is 20.9. The molecule has 2 aromatic carbocycles. The SMILES string of the molecule is O=C(Nc1nn(Cc2cccc(F)c2)cc1Cl)c1ccn(COc2ccccc2Cl)n1. The third-order valence-corrected chi connectivity index (χ3v) is 4.83. The van der Waals surface area contributed by atoms with Crippen molar-refractivity contribution in [2.24, 2.45) is 0 Å². The second-order valence-corrected chi connectivity index (χ2v) is 7.37. The molecule has 0 spiro atoms. The third-order valence-electron chi connectivity index (χ3n) is 4.24. The van der Waals surface area contributed by atoms with Gasteiger partial charge in [0.05, 0.1) is 11.6 Å². The van der Waals surface area contributed by atoms with E-state index in [2.05, 4.69) is 15.5 Å². The van der Waals surface area contributed by atoms with Gasteiger partial charge < -0.3 is 10.1 Å². The summed E-state index contributed by atoms with van der Waals surface area (Å²) in [4.78, 5) is 12.5. The lowest BCUT2D eigenvalue weighted by atomic mass is 10.2. The lowest BCUT2D eigenvalue weighted by Crippen LogP contribution is -2.15. The number of anilines is 1. The Morgan fingerprint density at radius 2 is 1.87 bits per heavy atom. The van der Waals surface area contributed by atoms with Crippen LogP contribution in [0.25, 0.3) is 0 Å². The third kappa shape index (κ3) is 5.22. The van der Waals surface area contributed by atoms with Crippen LogP contribution < -0.4 is 10.1 Å². The van der Waals surface area contributed by atoms with E-state index in [4.69, 9.17) is 27.9 Å². The topological polar surface area (TPSA) is 74.0 Å². The Morgan fingerprint density at radius 1 is 1.03 bits per heavy atom. The van der Waals surface area contributed by atoms with Gasteiger partial charge in [-0.15, -0.1) is 0 Å². The first-order valence-electron chi connectivity index (χ1n) is 9.17. The van der Waals surface area contributed by atoms with E-state index in [0.717, 1.165) is 0 Å². The van der Waals surface area contributed by atoms with E-state index in [0.29, 0.717) is 22.9 Å². The summed E-state index contributed by atoms with van der Waals surface area (Å²) in [6.07, 6.45) is 3.16. The zero-order valence-electron chi connectivity index (χ0n) is 16.0. The average molecular weight is 460 g/mol. The molecule has 0 radical (unpaired) electrons. The van der Waals surface area contributed by atoms with Crippen molar-refractivity contribution in [3.8, 4) is 5.75 Å². The average Bonchev–Trinajstić information content (AvgIpc) is 3.34. The summed E-state index contributed by atoms with van der Waals surface area (Å²) in [6, 6.07) is 14.8. The van der Waals surface area contributed by atoms with Crippen molar-refractivity contribution in [3.05, 3.63) is 94.1 Å². The molecule has 0 saturated carbocycles. The van der Waals surface area contributed by atoms with Gasteiger partial charge >= 0.3 is 0 Å². The molecule has 158 valence electrons. The molecule has 0 fully saturated rings. The first-order chi connectivity index (χ1) is 15.0. The van der Waals surface area contributed by atoms with Crippen LogP contribution in [-0.2, 0) is 13.3 Å². The maximum atomic E-state index is 13.4. The molecular weight excluding hydrogens is 444 g/mol. The van der Waals surface area contributed by atoms with Crippen molar-refractivity contribution < 1.29 is 13.9 Å². The van der Waals surface area contributed by atoms with Crippen LogP contribution in [-0.4, -0.2) is 25.5 Å². The number of aromatic nitrogens is 4. The molecule has 2 aromatic heterocycles. The molecule has 10 heteroatoms. The van der Waals surface area contributed by atoms with E-state index in [1.807, 2.05) is 0 Å². The predicted molar refractivity (Wildman–Crippen MR) is 115 cm³/mol. The van der Waals surface area contributed by atoms with E-state index in [-0.39, 0.29) is 29.1 Å². The predicted octanol–water partition coefficient (Wildman–Crippen LogP) is 4.86. The molecule has 0 aliphatic rings. The summed E-state index contributed by atoms with van der Waals surface area (Å²) in [5.74, 6) is -0.112. The van der Waals surface area contributed by atoms with Crippen molar-refractivity contribution in [2.45, 2.75) is 13.3 Å². The molecule has 0 bridgehead atoms. The second-order valence-electron chi connectivity index (χ2n) is 6.55. The standard InChI is InChI=1S/C21H16Cl2FN5O2/c22-16-6-1-2-7-19(16)31-13-28-9-8-18(26-28)21(30)25-20-17(23)12-29(27-20)11-14-4-3-5-15(24)10-14/h1-10,12H,11,13H2,(H,25,27,30). The van der Waals surface area contributed by atoms with Crippen molar-refractivity contribution in [2.75, 3.05) is 5.32 Å². The van der Waals surface area contributed by atoms with Gasteiger partial charge in [0.1, 0.15) is 16.6 Å². The minimum Gasteiger partial charge on any atom is -0.470 e. The Morgan fingerprint density at radius 3 is 2.68 bits per heavy atom. The zero-order valence-corrected chi connectivity index (χ0v) is 17.5. The van der Waals surface area contributed by atoms with Crippen molar-refractivity contribution in [1.29, 1.82) is 0 Å². The van der Waals surface area contributed by atoms with Gasteiger partial charge in [0.2, 0.25) is 0 Å². The fourth-order valence-corrected chi connectivity index (χ4v) is 3.20. The number of carbonyl (C=O) groups is 1. The first-order valence-corrected chi connectivity index (χ1v) is 9.93. The van der Waals surface area contributed by atoms with Crippen LogP contribution in [0, 0.1) is 5.82 Å². The number of nitrogens with one attached hydrogen (secondary N) is 1. The molecule has 4 rings (SSSR count). The van der Waals surface area contributed by atoms with Gasteiger partial charge in [-0.25, -0.2) is 9.07 Å². The molecule has 0 saturated heterocycles. The summed E-state index contributed by atoms with van der Waals surface area (Å²) >= 11 is 12.2. The van der Waals surface area contributed by atoms with Crippen LogP contribution in [0.2, 0.25) is 10.0 Å². The minimum absolute atomic E-state index is 0.0834. The Labute approximate surface area is 187 Å². The van der Waals surface area contributed by atoms with Gasteiger partial charge in [-0.1, -0.05) is 47.5 Å². The van der Waals surface area contributed by atoms with E-state index >= 15 is 0 Å². The maximum Gasteiger partial charge on any atom is 0.277 e.